The first-order chi connectivity index (χ1) is 5.64. The summed E-state index contributed by atoms with van der Waals surface area (Å²) in [6.07, 6.45) is 0. The van der Waals surface area contributed by atoms with Crippen LogP contribution in [0, 0.1) is 0 Å². The molecule has 0 saturated carbocycles. The molecule has 1 aliphatic rings. The predicted octanol–water partition coefficient (Wildman–Crippen LogP) is 0.372. The monoisotopic (exact) mass is 173 g/mol. The fraction of sp³-hybridized carbons (Fsp3) is 1.00. The number of nitrogens with zero attached hydrogens (tertiary/aromatic N) is 2. The zero-order valence-electron chi connectivity index (χ0n) is 8.55. The third-order valence-corrected chi connectivity index (χ3v) is 2.52. The largest absolute Gasteiger partial charge is 0.366 e. The van der Waals surface area contributed by atoms with Gasteiger partial charge in [0.2, 0.25) is 0 Å². The third kappa shape index (κ3) is 3.09. The highest BCUT2D eigenvalue weighted by Gasteiger charge is 2.23. The Balaban J connectivity index is 2.18. The van der Waals surface area contributed by atoms with E-state index in [9.17, 15) is 0 Å². The number of piperazine rings is 1. The van der Waals surface area contributed by atoms with Gasteiger partial charge < -0.3 is 9.22 Å². The minimum absolute atomic E-state index is 0.816. The van der Waals surface area contributed by atoms with Gasteiger partial charge in [0.1, 0.15) is 0 Å². The quantitative estimate of drug-likeness (QED) is 0.572. The first-order valence-electron chi connectivity index (χ1n) is 4.76. The molecule has 0 N–H and O–H groups in total. The summed E-state index contributed by atoms with van der Waals surface area (Å²) in [5.74, 6) is 0. The molecule has 0 aromatic heterocycles. The van der Waals surface area contributed by atoms with Gasteiger partial charge in [-0.2, -0.15) is 0 Å². The highest BCUT2D eigenvalue weighted by Crippen LogP contribution is 2.05. The van der Waals surface area contributed by atoms with E-state index >= 15 is 0 Å². The lowest BCUT2D eigenvalue weighted by Gasteiger charge is -2.38. The molecule has 0 unspecified atom stereocenters. The van der Waals surface area contributed by atoms with Gasteiger partial charge >= 0.3 is 0 Å². The van der Waals surface area contributed by atoms with E-state index in [-0.39, 0.29) is 0 Å². The van der Waals surface area contributed by atoms with E-state index in [1.807, 2.05) is 6.92 Å². The Bertz CT molecular complexity index is 126. The fourth-order valence-corrected chi connectivity index (χ4v) is 1.40. The van der Waals surface area contributed by atoms with Crippen molar-refractivity contribution in [1.82, 2.24) is 4.90 Å². The van der Waals surface area contributed by atoms with Crippen LogP contribution in [0.4, 0.5) is 0 Å². The molecule has 0 amide bonds. The Hall–Kier alpha value is -0.120. The molecule has 3 nitrogen and oxygen atoms in total. The van der Waals surface area contributed by atoms with E-state index in [2.05, 4.69) is 19.0 Å². The Labute approximate surface area is 75.5 Å². The Morgan fingerprint density at radius 2 is 1.83 bits per heavy atom. The zero-order valence-corrected chi connectivity index (χ0v) is 8.55. The minimum Gasteiger partial charge on any atom is -0.366 e. The van der Waals surface area contributed by atoms with E-state index in [4.69, 9.17) is 4.74 Å². The van der Waals surface area contributed by atoms with Crippen LogP contribution in [0.2, 0.25) is 0 Å². The van der Waals surface area contributed by atoms with Gasteiger partial charge in [-0.25, -0.2) is 0 Å². The van der Waals surface area contributed by atoms with Crippen LogP contribution in [0.5, 0.6) is 0 Å². The molecular formula is C9H21N2O+. The van der Waals surface area contributed by atoms with Crippen LogP contribution in [-0.2, 0) is 4.74 Å². The molecule has 1 fully saturated rings. The first-order valence-corrected chi connectivity index (χ1v) is 4.76. The zero-order chi connectivity index (χ0) is 9.03. The topological polar surface area (TPSA) is 12.5 Å². The van der Waals surface area contributed by atoms with E-state index in [0.717, 1.165) is 17.8 Å². The summed E-state index contributed by atoms with van der Waals surface area (Å²) < 4.78 is 6.52. The molecule has 0 bridgehead atoms. The van der Waals surface area contributed by atoms with Crippen LogP contribution in [0.15, 0.2) is 0 Å². The lowest BCUT2D eigenvalue weighted by molar-refractivity contribution is -0.894. The van der Waals surface area contributed by atoms with Crippen molar-refractivity contribution in [3.63, 3.8) is 0 Å². The Morgan fingerprint density at radius 3 is 2.33 bits per heavy atom. The summed E-state index contributed by atoms with van der Waals surface area (Å²) in [5, 5.41) is 0. The summed E-state index contributed by atoms with van der Waals surface area (Å²) >= 11 is 0. The fourth-order valence-electron chi connectivity index (χ4n) is 1.40. The molecule has 1 aliphatic heterocycles. The second-order valence-electron chi connectivity index (χ2n) is 4.12. The van der Waals surface area contributed by atoms with Crippen LogP contribution in [0.1, 0.15) is 6.92 Å². The van der Waals surface area contributed by atoms with Gasteiger partial charge in [0.25, 0.3) is 0 Å². The number of quaternary nitrogens is 1. The highest BCUT2D eigenvalue weighted by molar-refractivity contribution is 4.58. The molecule has 0 aromatic carbocycles. The van der Waals surface area contributed by atoms with Crippen molar-refractivity contribution in [2.45, 2.75) is 6.92 Å². The highest BCUT2D eigenvalue weighted by atomic mass is 16.5. The van der Waals surface area contributed by atoms with Crippen LogP contribution >= 0.6 is 0 Å². The first kappa shape index (κ1) is 9.96. The molecule has 1 saturated heterocycles. The predicted molar refractivity (Wildman–Crippen MR) is 49.9 cm³/mol. The Morgan fingerprint density at radius 1 is 1.25 bits per heavy atom. The standard InChI is InChI=1S/C9H21N2O/c1-4-12-9-10-5-7-11(2,3)8-6-10/h4-9H2,1-3H3/q+1. The number of likely N-dealkylation sites (N-methyl/N-ethyl adjacent to an activating group) is 1. The van der Waals surface area contributed by atoms with Gasteiger partial charge in [0.15, 0.2) is 0 Å². The number of hydrogen-bond acceptors (Lipinski definition) is 2. The van der Waals surface area contributed by atoms with Crippen LogP contribution in [0.3, 0.4) is 0 Å². The maximum absolute atomic E-state index is 5.36. The maximum atomic E-state index is 5.36. The van der Waals surface area contributed by atoms with Crippen molar-refractivity contribution in [2.75, 3.05) is 53.6 Å². The van der Waals surface area contributed by atoms with Gasteiger partial charge in [-0.3, -0.25) is 4.90 Å². The van der Waals surface area contributed by atoms with Gasteiger partial charge in [-0.15, -0.1) is 0 Å². The van der Waals surface area contributed by atoms with Crippen molar-refractivity contribution < 1.29 is 9.22 Å². The molecule has 1 rings (SSSR count). The average Bonchev–Trinajstić information content (AvgIpc) is 2.03. The van der Waals surface area contributed by atoms with Crippen LogP contribution in [-0.4, -0.2) is 63.0 Å². The summed E-state index contributed by atoms with van der Waals surface area (Å²) in [4.78, 5) is 2.38. The molecule has 1 heterocycles. The molecule has 0 radical (unpaired) electrons. The van der Waals surface area contributed by atoms with Crippen molar-refractivity contribution in [1.29, 1.82) is 0 Å². The van der Waals surface area contributed by atoms with Gasteiger partial charge in [0, 0.05) is 6.61 Å². The summed E-state index contributed by atoms with van der Waals surface area (Å²) in [5.41, 5.74) is 0. The van der Waals surface area contributed by atoms with E-state index < -0.39 is 0 Å². The van der Waals surface area contributed by atoms with Gasteiger partial charge in [0.05, 0.1) is 47.0 Å². The lowest BCUT2D eigenvalue weighted by Crippen LogP contribution is -2.55. The summed E-state index contributed by atoms with van der Waals surface area (Å²) in [6.45, 7) is 8.52. The smallest absolute Gasteiger partial charge is 0.0994 e. The van der Waals surface area contributed by atoms with Crippen molar-refractivity contribution in [3.05, 3.63) is 0 Å². The van der Waals surface area contributed by atoms with E-state index in [1.54, 1.807) is 0 Å². The molecule has 0 aromatic rings. The molecule has 0 spiro atoms. The molecule has 0 aliphatic carbocycles. The molecular weight excluding hydrogens is 152 g/mol. The van der Waals surface area contributed by atoms with Crippen LogP contribution < -0.4 is 0 Å². The molecule has 3 heteroatoms. The number of ether oxygens (including phenoxy) is 1. The molecule has 72 valence electrons. The van der Waals surface area contributed by atoms with E-state index in [1.165, 1.54) is 26.2 Å². The van der Waals surface area contributed by atoms with Gasteiger partial charge in [-0.05, 0) is 6.92 Å². The SMILES string of the molecule is CCOCN1CC[N+](C)(C)CC1. The van der Waals surface area contributed by atoms with Crippen molar-refractivity contribution in [3.8, 4) is 0 Å². The summed E-state index contributed by atoms with van der Waals surface area (Å²) in [6, 6.07) is 0. The van der Waals surface area contributed by atoms with Gasteiger partial charge in [-0.1, -0.05) is 0 Å². The maximum Gasteiger partial charge on any atom is 0.0994 e. The number of hydrogen-bond donors (Lipinski definition) is 0. The average molecular weight is 173 g/mol. The Kier molecular flexibility index (Phi) is 3.50. The van der Waals surface area contributed by atoms with Crippen molar-refractivity contribution >= 4 is 0 Å². The second kappa shape index (κ2) is 4.21. The minimum atomic E-state index is 0.816. The molecule has 12 heavy (non-hydrogen) atoms. The normalized spacial score (nSPS) is 24.2. The number of rotatable bonds is 3. The van der Waals surface area contributed by atoms with Crippen LogP contribution in [0.25, 0.3) is 0 Å². The van der Waals surface area contributed by atoms with E-state index in [0.29, 0.717) is 0 Å². The van der Waals surface area contributed by atoms with Crippen molar-refractivity contribution in [2.24, 2.45) is 0 Å². The lowest BCUT2D eigenvalue weighted by atomic mass is 10.3. The molecule has 0 atom stereocenters. The summed E-state index contributed by atoms with van der Waals surface area (Å²) in [7, 11) is 4.58. The second-order valence-corrected chi connectivity index (χ2v) is 4.12. The third-order valence-electron chi connectivity index (χ3n) is 2.52.